The van der Waals surface area contributed by atoms with Crippen LogP contribution in [-0.4, -0.2) is 44.5 Å². The van der Waals surface area contributed by atoms with Crippen LogP contribution in [-0.2, 0) is 14.8 Å². The second-order valence-electron chi connectivity index (χ2n) is 7.19. The normalized spacial score (nSPS) is 15.6. The Hall–Kier alpha value is -3.02. The summed E-state index contributed by atoms with van der Waals surface area (Å²) in [6, 6.07) is 11.6. The molecule has 0 spiro atoms. The van der Waals surface area contributed by atoms with Gasteiger partial charge in [0, 0.05) is 30.0 Å². The van der Waals surface area contributed by atoms with Crippen molar-refractivity contribution in [1.29, 1.82) is 0 Å². The molecule has 1 saturated heterocycles. The summed E-state index contributed by atoms with van der Waals surface area (Å²) in [7, 11) is -3.83. The van der Waals surface area contributed by atoms with Crippen LogP contribution in [0.15, 0.2) is 53.4 Å². The Morgan fingerprint density at radius 2 is 1.69 bits per heavy atom. The van der Waals surface area contributed by atoms with E-state index in [-0.39, 0.29) is 21.9 Å². The van der Waals surface area contributed by atoms with Crippen LogP contribution in [0.5, 0.6) is 0 Å². The van der Waals surface area contributed by atoms with E-state index in [4.69, 9.17) is 17.0 Å². The van der Waals surface area contributed by atoms with Crippen molar-refractivity contribution in [2.24, 2.45) is 0 Å². The molecule has 0 saturated carbocycles. The Labute approximate surface area is 191 Å². The molecular formula is C21H24N4O5S2. The van der Waals surface area contributed by atoms with Crippen LogP contribution < -0.4 is 20.9 Å². The summed E-state index contributed by atoms with van der Waals surface area (Å²) in [5, 5.41) is 3.25. The van der Waals surface area contributed by atoms with Crippen molar-refractivity contribution < 1.29 is 22.7 Å². The average Bonchev–Trinajstić information content (AvgIpc) is 3.30. The number of rotatable bonds is 7. The zero-order valence-electron chi connectivity index (χ0n) is 17.4. The molecule has 4 N–H and O–H groups in total. The van der Waals surface area contributed by atoms with Gasteiger partial charge in [0.1, 0.15) is 0 Å². The van der Waals surface area contributed by atoms with Gasteiger partial charge in [-0.25, -0.2) is 8.42 Å². The fourth-order valence-electron chi connectivity index (χ4n) is 3.01. The van der Waals surface area contributed by atoms with Gasteiger partial charge < -0.3 is 10.1 Å². The van der Waals surface area contributed by atoms with Gasteiger partial charge in [0.15, 0.2) is 10.9 Å². The highest BCUT2D eigenvalue weighted by molar-refractivity contribution is 7.92. The van der Waals surface area contributed by atoms with Crippen molar-refractivity contribution in [2.45, 2.75) is 30.8 Å². The summed E-state index contributed by atoms with van der Waals surface area (Å²) in [6.07, 6.45) is 2.12. The molecule has 170 valence electrons. The molecule has 1 heterocycles. The van der Waals surface area contributed by atoms with Crippen LogP contribution in [0, 0.1) is 0 Å². The number of hydrogen-bond acceptors (Lipinski definition) is 6. The second-order valence-corrected chi connectivity index (χ2v) is 9.28. The third kappa shape index (κ3) is 6.49. The van der Waals surface area contributed by atoms with Gasteiger partial charge in [-0.15, -0.1) is 0 Å². The lowest BCUT2D eigenvalue weighted by Crippen LogP contribution is -2.48. The summed E-state index contributed by atoms with van der Waals surface area (Å²) in [4.78, 5) is 23.6. The predicted molar refractivity (Wildman–Crippen MR) is 124 cm³/mol. The predicted octanol–water partition coefficient (Wildman–Crippen LogP) is 1.98. The van der Waals surface area contributed by atoms with Gasteiger partial charge in [0.05, 0.1) is 11.0 Å². The molecule has 1 unspecified atom stereocenters. The number of carbonyl (C=O) groups excluding carboxylic acids is 2. The minimum absolute atomic E-state index is 0.0255. The number of carbonyl (C=O) groups is 2. The van der Waals surface area contributed by atoms with Gasteiger partial charge in [-0.2, -0.15) is 0 Å². The number of benzene rings is 2. The molecule has 1 atom stereocenters. The molecule has 0 radical (unpaired) electrons. The van der Waals surface area contributed by atoms with Crippen LogP contribution in [0.3, 0.4) is 0 Å². The van der Waals surface area contributed by atoms with Crippen molar-refractivity contribution in [3.63, 3.8) is 0 Å². The summed E-state index contributed by atoms with van der Waals surface area (Å²) in [5.41, 5.74) is 6.13. The van der Waals surface area contributed by atoms with Gasteiger partial charge in [0.2, 0.25) is 0 Å². The highest BCUT2D eigenvalue weighted by Gasteiger charge is 2.16. The van der Waals surface area contributed by atoms with Gasteiger partial charge in [0.25, 0.3) is 15.9 Å². The molecule has 2 aromatic rings. The number of thiocarbonyl (C=S) groups is 1. The van der Waals surface area contributed by atoms with Crippen LogP contribution in [0.1, 0.15) is 40.5 Å². The molecule has 3 rings (SSSR count). The summed E-state index contributed by atoms with van der Waals surface area (Å²) < 4.78 is 33.0. The second kappa shape index (κ2) is 10.5. The zero-order chi connectivity index (χ0) is 23.1. The van der Waals surface area contributed by atoms with Crippen LogP contribution >= 0.6 is 12.2 Å². The van der Waals surface area contributed by atoms with Crippen molar-refractivity contribution in [3.05, 3.63) is 59.7 Å². The summed E-state index contributed by atoms with van der Waals surface area (Å²) >= 11 is 5.12. The Balaban J connectivity index is 1.51. The first kappa shape index (κ1) is 23.6. The van der Waals surface area contributed by atoms with Crippen molar-refractivity contribution in [2.75, 3.05) is 17.9 Å². The standard InChI is InChI=1S/C21H24N4O5S2/c1-14(26)15-6-10-19(11-7-15)32(28,29)25-17-8-4-16(5-9-17)20(27)23-24-21(31)22-13-18-3-2-12-30-18/h4-11,18,25H,2-3,12-13H2,1H3,(H,23,27)(H2,22,24,31). The number of amides is 1. The van der Waals surface area contributed by atoms with E-state index in [0.29, 0.717) is 23.4 Å². The molecule has 0 bridgehead atoms. The molecule has 32 heavy (non-hydrogen) atoms. The van der Waals surface area contributed by atoms with Crippen LogP contribution in [0.2, 0.25) is 0 Å². The lowest BCUT2D eigenvalue weighted by atomic mass is 10.2. The lowest BCUT2D eigenvalue weighted by Gasteiger charge is -2.14. The molecule has 9 nitrogen and oxygen atoms in total. The number of sulfonamides is 1. The maximum Gasteiger partial charge on any atom is 0.269 e. The maximum atomic E-state index is 12.5. The van der Waals surface area contributed by atoms with Crippen LogP contribution in [0.25, 0.3) is 0 Å². The third-order valence-electron chi connectivity index (χ3n) is 4.77. The molecule has 1 fully saturated rings. The minimum atomic E-state index is -3.83. The number of anilines is 1. The van der Waals surface area contributed by atoms with E-state index in [9.17, 15) is 18.0 Å². The topological polar surface area (TPSA) is 126 Å². The highest BCUT2D eigenvalue weighted by atomic mass is 32.2. The van der Waals surface area contributed by atoms with Crippen molar-refractivity contribution in [3.8, 4) is 0 Å². The number of hydrogen-bond donors (Lipinski definition) is 4. The first-order valence-electron chi connectivity index (χ1n) is 9.94. The molecule has 2 aromatic carbocycles. The van der Waals surface area contributed by atoms with Crippen molar-refractivity contribution in [1.82, 2.24) is 16.2 Å². The SMILES string of the molecule is CC(=O)c1ccc(S(=O)(=O)Nc2ccc(C(=O)NNC(=S)NCC3CCCO3)cc2)cc1. The quantitative estimate of drug-likeness (QED) is 0.272. The largest absolute Gasteiger partial charge is 0.376 e. The van der Waals surface area contributed by atoms with Crippen LogP contribution in [0.4, 0.5) is 5.69 Å². The Morgan fingerprint density at radius 3 is 2.28 bits per heavy atom. The van der Waals surface area contributed by atoms with Gasteiger partial charge in [-0.3, -0.25) is 25.2 Å². The number of nitrogens with one attached hydrogen (secondary N) is 4. The van der Waals surface area contributed by atoms with Gasteiger partial charge >= 0.3 is 0 Å². The van der Waals surface area contributed by atoms with E-state index in [2.05, 4.69) is 20.9 Å². The van der Waals surface area contributed by atoms with Gasteiger partial charge in [-0.05, 0) is 68.4 Å². The molecular weight excluding hydrogens is 452 g/mol. The lowest BCUT2D eigenvalue weighted by molar-refractivity contribution is 0.0942. The fraction of sp³-hybridized carbons (Fsp3) is 0.286. The summed E-state index contributed by atoms with van der Waals surface area (Å²) in [5.74, 6) is -0.579. The third-order valence-corrected chi connectivity index (χ3v) is 6.42. The monoisotopic (exact) mass is 476 g/mol. The first-order valence-corrected chi connectivity index (χ1v) is 11.8. The van der Waals surface area contributed by atoms with Crippen molar-refractivity contribution >= 4 is 44.7 Å². The molecule has 1 aliphatic heterocycles. The molecule has 0 aliphatic carbocycles. The Bertz CT molecular complexity index is 1080. The fourth-order valence-corrected chi connectivity index (χ4v) is 4.21. The number of ether oxygens (including phenoxy) is 1. The number of ketones is 1. The number of hydrazine groups is 1. The zero-order valence-corrected chi connectivity index (χ0v) is 19.0. The van der Waals surface area contributed by atoms with E-state index in [1.807, 2.05) is 0 Å². The van der Waals surface area contributed by atoms with E-state index in [1.54, 1.807) is 0 Å². The Morgan fingerprint density at radius 1 is 1.03 bits per heavy atom. The summed E-state index contributed by atoms with van der Waals surface area (Å²) in [6.45, 7) is 2.72. The molecule has 1 amide bonds. The highest BCUT2D eigenvalue weighted by Crippen LogP contribution is 2.17. The van der Waals surface area contributed by atoms with E-state index in [1.165, 1.54) is 55.5 Å². The van der Waals surface area contributed by atoms with E-state index >= 15 is 0 Å². The first-order chi connectivity index (χ1) is 15.2. The molecule has 11 heteroatoms. The maximum absolute atomic E-state index is 12.5. The van der Waals surface area contributed by atoms with E-state index < -0.39 is 15.9 Å². The molecule has 1 aliphatic rings. The number of Topliss-reactive ketones (excluding diaryl/α,β-unsaturated/α-hetero) is 1. The van der Waals surface area contributed by atoms with Gasteiger partial charge in [-0.1, -0.05) is 12.1 Å². The van der Waals surface area contributed by atoms with E-state index in [0.717, 1.165) is 19.4 Å². The molecule has 0 aromatic heterocycles. The Kier molecular flexibility index (Phi) is 7.78. The average molecular weight is 477 g/mol. The smallest absolute Gasteiger partial charge is 0.269 e. The minimum Gasteiger partial charge on any atom is -0.376 e.